The third-order valence-corrected chi connectivity index (χ3v) is 2.72. The lowest BCUT2D eigenvalue weighted by molar-refractivity contribution is 0.0930. The molecule has 5 nitrogen and oxygen atoms in total. The Morgan fingerprint density at radius 2 is 2.29 bits per heavy atom. The van der Waals surface area contributed by atoms with E-state index in [1.807, 2.05) is 0 Å². The molecule has 0 radical (unpaired) electrons. The molecule has 1 saturated heterocycles. The summed E-state index contributed by atoms with van der Waals surface area (Å²) in [5.41, 5.74) is 0. The molecule has 1 aromatic rings. The first-order valence-corrected chi connectivity index (χ1v) is 5.84. The number of halogens is 1. The third-order valence-electron chi connectivity index (χ3n) is 2.72. The van der Waals surface area contributed by atoms with Crippen molar-refractivity contribution in [2.24, 2.45) is 0 Å². The van der Waals surface area contributed by atoms with E-state index in [9.17, 15) is 4.39 Å². The summed E-state index contributed by atoms with van der Waals surface area (Å²) in [6, 6.07) is 0.203. The number of likely N-dealkylation sites (N-methyl/N-ethyl adjacent to an activating group) is 1. The van der Waals surface area contributed by atoms with E-state index < -0.39 is 5.82 Å². The SMILES string of the molecule is CCNCC1COCCN1c1ncc(F)cn1. The minimum absolute atomic E-state index is 0.203. The Hall–Kier alpha value is -1.27. The molecule has 2 rings (SSSR count). The van der Waals surface area contributed by atoms with Gasteiger partial charge in [-0.25, -0.2) is 14.4 Å². The summed E-state index contributed by atoms with van der Waals surface area (Å²) in [4.78, 5) is 10.1. The summed E-state index contributed by atoms with van der Waals surface area (Å²) in [6.45, 7) is 5.83. The summed E-state index contributed by atoms with van der Waals surface area (Å²) in [7, 11) is 0. The zero-order valence-electron chi connectivity index (χ0n) is 9.90. The van der Waals surface area contributed by atoms with Crippen LogP contribution in [0.1, 0.15) is 6.92 Å². The molecule has 1 aliphatic heterocycles. The van der Waals surface area contributed by atoms with Gasteiger partial charge < -0.3 is 15.0 Å². The van der Waals surface area contributed by atoms with Gasteiger partial charge in [0.15, 0.2) is 5.82 Å². The number of anilines is 1. The van der Waals surface area contributed by atoms with Crippen molar-refractivity contribution in [1.82, 2.24) is 15.3 Å². The second-order valence-corrected chi connectivity index (χ2v) is 3.93. The van der Waals surface area contributed by atoms with Gasteiger partial charge in [-0.1, -0.05) is 6.92 Å². The standard InChI is InChI=1S/C11H17FN4O/c1-2-13-7-10-8-17-4-3-16(10)11-14-5-9(12)6-15-11/h5-6,10,13H,2-4,7-8H2,1H3. The second kappa shape index (κ2) is 5.88. The molecule has 94 valence electrons. The van der Waals surface area contributed by atoms with E-state index in [1.54, 1.807) is 0 Å². The number of nitrogens with zero attached hydrogens (tertiary/aromatic N) is 3. The molecule has 0 bridgehead atoms. The number of hydrogen-bond acceptors (Lipinski definition) is 5. The van der Waals surface area contributed by atoms with Crippen LogP contribution in [0.2, 0.25) is 0 Å². The van der Waals surface area contributed by atoms with Crippen LogP contribution in [0.4, 0.5) is 10.3 Å². The summed E-state index contributed by atoms with van der Waals surface area (Å²) in [6.07, 6.45) is 2.39. The zero-order valence-corrected chi connectivity index (χ0v) is 9.90. The summed E-state index contributed by atoms with van der Waals surface area (Å²) in [5, 5.41) is 3.28. The highest BCUT2D eigenvalue weighted by molar-refractivity contribution is 5.31. The Labute approximate surface area is 100 Å². The van der Waals surface area contributed by atoms with Gasteiger partial charge in [0.1, 0.15) is 0 Å². The molecule has 17 heavy (non-hydrogen) atoms. The van der Waals surface area contributed by atoms with Gasteiger partial charge in [-0.15, -0.1) is 0 Å². The van der Waals surface area contributed by atoms with Crippen molar-refractivity contribution in [3.8, 4) is 0 Å². The maximum atomic E-state index is 12.8. The molecule has 0 aliphatic carbocycles. The van der Waals surface area contributed by atoms with Gasteiger partial charge in [0.25, 0.3) is 0 Å². The van der Waals surface area contributed by atoms with Gasteiger partial charge in [0.2, 0.25) is 5.95 Å². The van der Waals surface area contributed by atoms with Crippen LogP contribution in [-0.2, 0) is 4.74 Å². The fourth-order valence-electron chi connectivity index (χ4n) is 1.85. The third kappa shape index (κ3) is 3.10. The van der Waals surface area contributed by atoms with Crippen LogP contribution in [-0.4, -0.2) is 48.9 Å². The lowest BCUT2D eigenvalue weighted by atomic mass is 10.2. The molecule has 1 N–H and O–H groups in total. The van der Waals surface area contributed by atoms with E-state index in [2.05, 4.69) is 27.1 Å². The smallest absolute Gasteiger partial charge is 0.225 e. The molecule has 0 saturated carbocycles. The maximum absolute atomic E-state index is 12.8. The van der Waals surface area contributed by atoms with Crippen LogP contribution in [0.15, 0.2) is 12.4 Å². The Balaban J connectivity index is 2.07. The number of ether oxygens (including phenoxy) is 1. The van der Waals surface area contributed by atoms with Crippen molar-refractivity contribution in [1.29, 1.82) is 0 Å². The van der Waals surface area contributed by atoms with Gasteiger partial charge in [-0.05, 0) is 6.54 Å². The van der Waals surface area contributed by atoms with Gasteiger partial charge in [-0.3, -0.25) is 0 Å². The van der Waals surface area contributed by atoms with Crippen molar-refractivity contribution < 1.29 is 9.13 Å². The number of hydrogen-bond donors (Lipinski definition) is 1. The first-order valence-electron chi connectivity index (χ1n) is 5.84. The number of morpholine rings is 1. The molecule has 0 amide bonds. The topological polar surface area (TPSA) is 50.3 Å². The molecule has 1 fully saturated rings. The van der Waals surface area contributed by atoms with Crippen LogP contribution < -0.4 is 10.2 Å². The van der Waals surface area contributed by atoms with Crippen LogP contribution in [0.3, 0.4) is 0 Å². The predicted molar refractivity (Wildman–Crippen MR) is 62.5 cm³/mol. The quantitative estimate of drug-likeness (QED) is 0.827. The predicted octanol–water partition coefficient (Wildman–Crippen LogP) is 0.430. The Bertz CT molecular complexity index is 346. The molecule has 1 atom stereocenters. The highest BCUT2D eigenvalue weighted by Crippen LogP contribution is 2.14. The summed E-state index contributed by atoms with van der Waals surface area (Å²) >= 11 is 0. The van der Waals surface area contributed by atoms with Crippen molar-refractivity contribution in [2.45, 2.75) is 13.0 Å². The van der Waals surface area contributed by atoms with Crippen molar-refractivity contribution in [3.63, 3.8) is 0 Å². The summed E-state index contributed by atoms with van der Waals surface area (Å²) < 4.78 is 18.2. The van der Waals surface area contributed by atoms with Crippen molar-refractivity contribution in [2.75, 3.05) is 37.7 Å². The van der Waals surface area contributed by atoms with Crippen LogP contribution in [0, 0.1) is 5.82 Å². The molecule has 1 unspecified atom stereocenters. The Morgan fingerprint density at radius 1 is 1.53 bits per heavy atom. The highest BCUT2D eigenvalue weighted by Gasteiger charge is 2.24. The molecular formula is C11H17FN4O. The lowest BCUT2D eigenvalue weighted by Gasteiger charge is -2.35. The fourth-order valence-corrected chi connectivity index (χ4v) is 1.85. The van der Waals surface area contributed by atoms with E-state index >= 15 is 0 Å². The van der Waals surface area contributed by atoms with E-state index in [1.165, 1.54) is 12.4 Å². The molecule has 6 heteroatoms. The van der Waals surface area contributed by atoms with Gasteiger partial charge in [0, 0.05) is 13.1 Å². The molecule has 1 aromatic heterocycles. The largest absolute Gasteiger partial charge is 0.377 e. The van der Waals surface area contributed by atoms with E-state index in [0.717, 1.165) is 19.6 Å². The summed E-state index contributed by atoms with van der Waals surface area (Å²) in [5.74, 6) is 0.155. The highest BCUT2D eigenvalue weighted by atomic mass is 19.1. The van der Waals surface area contributed by atoms with Crippen LogP contribution in [0.25, 0.3) is 0 Å². The minimum atomic E-state index is -0.412. The van der Waals surface area contributed by atoms with Crippen LogP contribution >= 0.6 is 0 Å². The zero-order chi connectivity index (χ0) is 12.1. The van der Waals surface area contributed by atoms with Gasteiger partial charge in [0.05, 0.1) is 31.6 Å². The van der Waals surface area contributed by atoms with E-state index in [0.29, 0.717) is 19.2 Å². The monoisotopic (exact) mass is 240 g/mol. The molecule has 1 aliphatic rings. The number of aromatic nitrogens is 2. The Kier molecular flexibility index (Phi) is 4.22. The molecule has 0 spiro atoms. The lowest BCUT2D eigenvalue weighted by Crippen LogP contribution is -2.51. The number of rotatable bonds is 4. The maximum Gasteiger partial charge on any atom is 0.225 e. The van der Waals surface area contributed by atoms with Gasteiger partial charge in [-0.2, -0.15) is 0 Å². The van der Waals surface area contributed by atoms with Crippen molar-refractivity contribution in [3.05, 3.63) is 18.2 Å². The number of nitrogens with one attached hydrogen (secondary N) is 1. The molecule has 2 heterocycles. The second-order valence-electron chi connectivity index (χ2n) is 3.93. The fraction of sp³-hybridized carbons (Fsp3) is 0.636. The van der Waals surface area contributed by atoms with E-state index in [4.69, 9.17) is 4.74 Å². The first-order chi connectivity index (χ1) is 8.31. The van der Waals surface area contributed by atoms with Crippen LogP contribution in [0.5, 0.6) is 0 Å². The normalized spacial score (nSPS) is 20.6. The Morgan fingerprint density at radius 3 is 3.00 bits per heavy atom. The average molecular weight is 240 g/mol. The molecule has 0 aromatic carbocycles. The van der Waals surface area contributed by atoms with Gasteiger partial charge >= 0.3 is 0 Å². The minimum Gasteiger partial charge on any atom is -0.377 e. The molecular weight excluding hydrogens is 223 g/mol. The average Bonchev–Trinajstić information content (AvgIpc) is 2.38. The van der Waals surface area contributed by atoms with E-state index in [-0.39, 0.29) is 6.04 Å². The first kappa shape index (κ1) is 12.2. The van der Waals surface area contributed by atoms with Crippen molar-refractivity contribution >= 4 is 5.95 Å².